The zero-order chi connectivity index (χ0) is 21.0. The Kier molecular flexibility index (Phi) is 17.7. The monoisotopic (exact) mass is 408 g/mol. The Hall–Kier alpha value is -0.570. The second-order valence-electron chi connectivity index (χ2n) is 9.44. The van der Waals surface area contributed by atoms with Crippen LogP contribution in [-0.4, -0.2) is 48.9 Å². The molecule has 1 fully saturated rings. The molecule has 0 bridgehead atoms. The van der Waals surface area contributed by atoms with Crippen LogP contribution in [0.5, 0.6) is 0 Å². The molecule has 0 N–H and O–H groups in total. The molecule has 0 aromatic heterocycles. The van der Waals surface area contributed by atoms with E-state index >= 15 is 0 Å². The molecule has 0 spiro atoms. The van der Waals surface area contributed by atoms with E-state index in [4.69, 9.17) is 0 Å². The van der Waals surface area contributed by atoms with Crippen molar-refractivity contribution >= 4 is 5.91 Å². The summed E-state index contributed by atoms with van der Waals surface area (Å²) < 4.78 is 0. The molecule has 1 aliphatic rings. The number of unbranched alkanes of at least 4 members (excludes halogenated alkanes) is 16. The zero-order valence-corrected chi connectivity index (χ0v) is 20.1. The van der Waals surface area contributed by atoms with Crippen LogP contribution in [0.4, 0.5) is 0 Å². The predicted octanol–water partition coefficient (Wildman–Crippen LogP) is 7.19. The van der Waals surface area contributed by atoms with E-state index in [1.807, 2.05) is 0 Å². The van der Waals surface area contributed by atoms with E-state index < -0.39 is 0 Å². The van der Waals surface area contributed by atoms with Crippen molar-refractivity contribution in [1.29, 1.82) is 0 Å². The van der Waals surface area contributed by atoms with Crippen LogP contribution in [-0.2, 0) is 4.79 Å². The molecular weight excluding hydrogens is 356 g/mol. The molecule has 0 unspecified atom stereocenters. The first-order valence-electron chi connectivity index (χ1n) is 13.2. The highest BCUT2D eigenvalue weighted by molar-refractivity contribution is 5.76. The maximum atomic E-state index is 12.3. The summed E-state index contributed by atoms with van der Waals surface area (Å²) in [5.41, 5.74) is 0. The quantitative estimate of drug-likeness (QED) is 0.224. The van der Waals surface area contributed by atoms with E-state index in [1.54, 1.807) is 0 Å². The van der Waals surface area contributed by atoms with Crippen molar-refractivity contribution < 1.29 is 4.79 Å². The van der Waals surface area contributed by atoms with Gasteiger partial charge in [0.05, 0.1) is 0 Å². The minimum atomic E-state index is 0.390. The molecule has 0 atom stereocenters. The maximum absolute atomic E-state index is 12.3. The van der Waals surface area contributed by atoms with Crippen LogP contribution in [0.1, 0.15) is 129 Å². The molecule has 29 heavy (non-hydrogen) atoms. The van der Waals surface area contributed by atoms with Crippen molar-refractivity contribution in [3.8, 4) is 0 Å². The molecule has 3 heteroatoms. The zero-order valence-electron chi connectivity index (χ0n) is 20.1. The van der Waals surface area contributed by atoms with Crippen LogP contribution in [0.3, 0.4) is 0 Å². The van der Waals surface area contributed by atoms with Crippen molar-refractivity contribution in [3.63, 3.8) is 0 Å². The van der Waals surface area contributed by atoms with Gasteiger partial charge < -0.3 is 9.80 Å². The van der Waals surface area contributed by atoms with Crippen molar-refractivity contribution in [1.82, 2.24) is 9.80 Å². The normalized spacial score (nSPS) is 15.6. The Morgan fingerprint density at radius 3 is 1.52 bits per heavy atom. The van der Waals surface area contributed by atoms with E-state index in [9.17, 15) is 4.79 Å². The number of carbonyl (C=O) groups is 1. The lowest BCUT2D eigenvalue weighted by Gasteiger charge is -2.20. The number of likely N-dealkylation sites (N-methyl/N-ethyl adjacent to an activating group) is 1. The molecular formula is C26H52N2O. The van der Waals surface area contributed by atoms with Gasteiger partial charge in [0.15, 0.2) is 0 Å². The second kappa shape index (κ2) is 19.4. The first kappa shape index (κ1) is 26.5. The van der Waals surface area contributed by atoms with Crippen molar-refractivity contribution in [2.75, 3.05) is 33.2 Å². The molecule has 0 radical (unpaired) electrons. The van der Waals surface area contributed by atoms with Crippen LogP contribution in [0, 0.1) is 0 Å². The Bertz CT molecular complexity index is 372. The fraction of sp³-hybridized carbons (Fsp3) is 0.962. The number of hydrogen-bond acceptors (Lipinski definition) is 2. The van der Waals surface area contributed by atoms with Gasteiger partial charge in [0.1, 0.15) is 0 Å². The van der Waals surface area contributed by atoms with Gasteiger partial charge in [-0.05, 0) is 26.4 Å². The van der Waals surface area contributed by atoms with Gasteiger partial charge in [-0.25, -0.2) is 0 Å². The highest BCUT2D eigenvalue weighted by atomic mass is 16.2. The lowest BCUT2D eigenvalue weighted by molar-refractivity contribution is -0.131. The molecule has 0 aromatic rings. The van der Waals surface area contributed by atoms with E-state index in [0.29, 0.717) is 5.91 Å². The minimum absolute atomic E-state index is 0.390. The van der Waals surface area contributed by atoms with Gasteiger partial charge in [-0.2, -0.15) is 0 Å². The summed E-state index contributed by atoms with van der Waals surface area (Å²) in [4.78, 5) is 16.8. The molecule has 3 nitrogen and oxygen atoms in total. The Labute approximate surface area is 183 Å². The summed E-state index contributed by atoms with van der Waals surface area (Å²) in [6.07, 6.45) is 25.5. The van der Waals surface area contributed by atoms with E-state index in [1.165, 1.54) is 103 Å². The van der Waals surface area contributed by atoms with Gasteiger partial charge >= 0.3 is 0 Å². The first-order valence-corrected chi connectivity index (χ1v) is 13.2. The van der Waals surface area contributed by atoms with Crippen LogP contribution in [0.2, 0.25) is 0 Å². The standard InChI is InChI=1S/C26H52N2O/c1-3-4-5-6-7-8-9-10-11-12-13-14-15-16-17-18-19-21-26(29)28-23-20-22-27(2)24-25-28/h3-25H2,1-2H3. The Balaban J connectivity index is 1.77. The summed E-state index contributed by atoms with van der Waals surface area (Å²) in [5.74, 6) is 0.390. The van der Waals surface area contributed by atoms with Gasteiger partial charge in [-0.3, -0.25) is 4.79 Å². The van der Waals surface area contributed by atoms with Gasteiger partial charge in [-0.15, -0.1) is 0 Å². The molecule has 172 valence electrons. The van der Waals surface area contributed by atoms with E-state index in [0.717, 1.165) is 45.4 Å². The summed E-state index contributed by atoms with van der Waals surface area (Å²) in [6, 6.07) is 0. The number of nitrogens with zero attached hydrogens (tertiary/aromatic N) is 2. The molecule has 0 aliphatic carbocycles. The van der Waals surface area contributed by atoms with Crippen molar-refractivity contribution in [3.05, 3.63) is 0 Å². The Morgan fingerprint density at radius 2 is 1.03 bits per heavy atom. The average Bonchev–Trinajstić information content (AvgIpc) is 2.94. The fourth-order valence-corrected chi connectivity index (χ4v) is 4.46. The number of rotatable bonds is 18. The van der Waals surface area contributed by atoms with Gasteiger partial charge in [0.25, 0.3) is 0 Å². The third-order valence-corrected chi connectivity index (χ3v) is 6.57. The van der Waals surface area contributed by atoms with Crippen LogP contribution in [0.15, 0.2) is 0 Å². The largest absolute Gasteiger partial charge is 0.341 e. The lowest BCUT2D eigenvalue weighted by Crippen LogP contribution is -2.34. The first-order chi connectivity index (χ1) is 14.2. The fourth-order valence-electron chi connectivity index (χ4n) is 4.46. The smallest absolute Gasteiger partial charge is 0.222 e. The predicted molar refractivity (Wildman–Crippen MR) is 127 cm³/mol. The number of amides is 1. The second-order valence-corrected chi connectivity index (χ2v) is 9.44. The third-order valence-electron chi connectivity index (χ3n) is 6.57. The summed E-state index contributed by atoms with van der Waals surface area (Å²) in [7, 11) is 2.16. The number of hydrogen-bond donors (Lipinski definition) is 0. The summed E-state index contributed by atoms with van der Waals surface area (Å²) in [6.45, 7) is 6.34. The highest BCUT2D eigenvalue weighted by Crippen LogP contribution is 2.14. The third kappa shape index (κ3) is 15.9. The van der Waals surface area contributed by atoms with Gasteiger partial charge in [0.2, 0.25) is 5.91 Å². The highest BCUT2D eigenvalue weighted by Gasteiger charge is 2.16. The van der Waals surface area contributed by atoms with E-state index in [-0.39, 0.29) is 0 Å². The van der Waals surface area contributed by atoms with Crippen LogP contribution < -0.4 is 0 Å². The van der Waals surface area contributed by atoms with Gasteiger partial charge in [0, 0.05) is 26.1 Å². The topological polar surface area (TPSA) is 23.6 Å². The summed E-state index contributed by atoms with van der Waals surface area (Å²) in [5, 5.41) is 0. The molecule has 1 heterocycles. The Morgan fingerprint density at radius 1 is 0.586 bits per heavy atom. The van der Waals surface area contributed by atoms with Crippen molar-refractivity contribution in [2.45, 2.75) is 129 Å². The minimum Gasteiger partial charge on any atom is -0.341 e. The average molecular weight is 409 g/mol. The molecule has 1 rings (SSSR count). The van der Waals surface area contributed by atoms with Crippen molar-refractivity contribution in [2.24, 2.45) is 0 Å². The SMILES string of the molecule is CCCCCCCCCCCCCCCCCCCC(=O)N1CCCN(C)CC1. The maximum Gasteiger partial charge on any atom is 0.222 e. The van der Waals surface area contributed by atoms with E-state index in [2.05, 4.69) is 23.8 Å². The molecule has 1 saturated heterocycles. The summed E-state index contributed by atoms with van der Waals surface area (Å²) >= 11 is 0. The van der Waals surface area contributed by atoms with Gasteiger partial charge in [-0.1, -0.05) is 110 Å². The molecule has 0 aromatic carbocycles. The molecule has 0 saturated carbocycles. The molecule has 1 amide bonds. The van der Waals surface area contributed by atoms with Crippen LogP contribution in [0.25, 0.3) is 0 Å². The lowest BCUT2D eigenvalue weighted by atomic mass is 10.0. The molecule has 1 aliphatic heterocycles. The number of carbonyl (C=O) groups excluding carboxylic acids is 1. The van der Waals surface area contributed by atoms with Crippen LogP contribution >= 0.6 is 0 Å².